The van der Waals surface area contributed by atoms with Gasteiger partial charge in [0.25, 0.3) is 0 Å². The number of carbonyl (C=O) groups is 3. The summed E-state index contributed by atoms with van der Waals surface area (Å²) in [5, 5.41) is 9.69. The highest BCUT2D eigenvalue weighted by molar-refractivity contribution is 8.04. The third kappa shape index (κ3) is 4.28. The van der Waals surface area contributed by atoms with Crippen LogP contribution in [0.2, 0.25) is 0 Å². The molecule has 0 saturated heterocycles. The number of ether oxygens (including phenoxy) is 1. The molecule has 0 rings (SSSR count). The van der Waals surface area contributed by atoms with Gasteiger partial charge in [0, 0.05) is 0 Å². The van der Waals surface area contributed by atoms with Gasteiger partial charge in [-0.3, -0.25) is 9.59 Å². The fourth-order valence-electron chi connectivity index (χ4n) is 0.474. The van der Waals surface area contributed by atoms with Crippen LogP contribution < -0.4 is 0 Å². The standard InChI is InChI=1S/C7H7NO4S/c1-2-12-7(11)6(10)5(9)3-13-4-8/h2-3H2,1H3. The maximum atomic E-state index is 10.8. The maximum absolute atomic E-state index is 10.8. The first-order chi connectivity index (χ1) is 6.13. The first-order valence-electron chi connectivity index (χ1n) is 3.38. The summed E-state index contributed by atoms with van der Waals surface area (Å²) in [5.74, 6) is -3.59. The van der Waals surface area contributed by atoms with Crippen LogP contribution in [0.15, 0.2) is 0 Å². The Morgan fingerprint density at radius 3 is 2.54 bits per heavy atom. The van der Waals surface area contributed by atoms with Crippen LogP contribution in [0, 0.1) is 10.7 Å². The predicted molar refractivity (Wildman–Crippen MR) is 44.7 cm³/mol. The van der Waals surface area contributed by atoms with Crippen molar-refractivity contribution in [2.24, 2.45) is 0 Å². The number of nitriles is 1. The van der Waals surface area contributed by atoms with E-state index in [1.54, 1.807) is 5.40 Å². The topological polar surface area (TPSA) is 84.2 Å². The smallest absolute Gasteiger partial charge is 0.382 e. The van der Waals surface area contributed by atoms with Crippen LogP contribution in [0.4, 0.5) is 0 Å². The molecule has 0 unspecified atom stereocenters. The summed E-state index contributed by atoms with van der Waals surface area (Å²) in [7, 11) is 0. The lowest BCUT2D eigenvalue weighted by atomic mass is 10.3. The molecule has 0 spiro atoms. The number of nitrogens with zero attached hydrogens (tertiary/aromatic N) is 1. The molecular weight excluding hydrogens is 194 g/mol. The fourth-order valence-corrected chi connectivity index (χ4v) is 0.801. The summed E-state index contributed by atoms with van der Waals surface area (Å²) >= 11 is 0.607. The van der Waals surface area contributed by atoms with Gasteiger partial charge in [0.05, 0.1) is 12.4 Å². The number of thioether (sulfide) groups is 1. The van der Waals surface area contributed by atoms with Crippen LogP contribution in [0.5, 0.6) is 0 Å². The number of esters is 1. The molecule has 0 fully saturated rings. The second kappa shape index (κ2) is 6.20. The van der Waals surface area contributed by atoms with Gasteiger partial charge in [0.15, 0.2) is 0 Å². The van der Waals surface area contributed by atoms with Crippen LogP contribution in [0.25, 0.3) is 0 Å². The lowest BCUT2D eigenvalue weighted by Gasteiger charge is -1.97. The molecule has 0 bridgehead atoms. The van der Waals surface area contributed by atoms with E-state index in [2.05, 4.69) is 4.74 Å². The number of Topliss-reactive ketones (excluding diaryl/α,β-unsaturated/α-hetero) is 2. The molecule has 0 aromatic heterocycles. The van der Waals surface area contributed by atoms with Gasteiger partial charge in [0.2, 0.25) is 5.78 Å². The average Bonchev–Trinajstić information content (AvgIpc) is 2.13. The van der Waals surface area contributed by atoms with E-state index >= 15 is 0 Å². The highest BCUT2D eigenvalue weighted by Gasteiger charge is 2.23. The number of hydrogen-bond acceptors (Lipinski definition) is 6. The quantitative estimate of drug-likeness (QED) is 0.267. The lowest BCUT2D eigenvalue weighted by Crippen LogP contribution is -2.27. The SMILES string of the molecule is CCOC(=O)C(=O)C(=O)CSC#N. The van der Waals surface area contributed by atoms with E-state index in [4.69, 9.17) is 5.26 Å². The van der Waals surface area contributed by atoms with E-state index in [1.165, 1.54) is 6.92 Å². The van der Waals surface area contributed by atoms with Crippen molar-refractivity contribution in [3.8, 4) is 5.40 Å². The maximum Gasteiger partial charge on any atom is 0.382 e. The molecule has 0 amide bonds. The van der Waals surface area contributed by atoms with Gasteiger partial charge in [-0.2, -0.15) is 5.26 Å². The summed E-state index contributed by atoms with van der Waals surface area (Å²) in [4.78, 5) is 32.3. The lowest BCUT2D eigenvalue weighted by molar-refractivity contribution is -0.156. The molecule has 0 aliphatic heterocycles. The minimum atomic E-state index is -1.20. The zero-order valence-corrected chi connectivity index (χ0v) is 7.72. The Bertz CT molecular complexity index is 268. The van der Waals surface area contributed by atoms with Crippen LogP contribution in [0.1, 0.15) is 6.92 Å². The third-order valence-corrected chi connectivity index (χ3v) is 1.52. The van der Waals surface area contributed by atoms with Crippen LogP contribution in [-0.4, -0.2) is 29.9 Å². The van der Waals surface area contributed by atoms with Gasteiger partial charge in [-0.15, -0.1) is 0 Å². The highest BCUT2D eigenvalue weighted by Crippen LogP contribution is 1.97. The highest BCUT2D eigenvalue weighted by atomic mass is 32.2. The van der Waals surface area contributed by atoms with E-state index in [0.717, 1.165) is 0 Å². The molecule has 0 N–H and O–H groups in total. The molecule has 0 aromatic carbocycles. The van der Waals surface area contributed by atoms with Crippen LogP contribution in [-0.2, 0) is 19.1 Å². The largest absolute Gasteiger partial charge is 0.460 e. The number of rotatable bonds is 5. The van der Waals surface area contributed by atoms with Crippen molar-refractivity contribution >= 4 is 29.3 Å². The molecule has 13 heavy (non-hydrogen) atoms. The van der Waals surface area contributed by atoms with Crippen molar-refractivity contribution in [2.75, 3.05) is 12.4 Å². The van der Waals surface area contributed by atoms with E-state index in [1.807, 2.05) is 0 Å². The van der Waals surface area contributed by atoms with Gasteiger partial charge in [0.1, 0.15) is 5.40 Å². The Labute approximate surface area is 79.0 Å². The van der Waals surface area contributed by atoms with E-state index in [9.17, 15) is 14.4 Å². The minimum absolute atomic E-state index is 0.0449. The van der Waals surface area contributed by atoms with Gasteiger partial charge in [-0.25, -0.2) is 4.79 Å². The fraction of sp³-hybridized carbons (Fsp3) is 0.429. The molecule has 0 radical (unpaired) electrons. The van der Waals surface area contributed by atoms with Crippen LogP contribution in [0.3, 0.4) is 0 Å². The average molecular weight is 201 g/mol. The normalized spacial score (nSPS) is 8.62. The van der Waals surface area contributed by atoms with Crippen molar-refractivity contribution in [1.29, 1.82) is 5.26 Å². The number of ketones is 2. The molecular formula is C7H7NO4S. The van der Waals surface area contributed by atoms with Crippen molar-refractivity contribution in [3.63, 3.8) is 0 Å². The third-order valence-electron chi connectivity index (χ3n) is 0.982. The minimum Gasteiger partial charge on any atom is -0.460 e. The molecule has 0 heterocycles. The Kier molecular flexibility index (Phi) is 5.55. The Morgan fingerprint density at radius 1 is 1.46 bits per heavy atom. The zero-order valence-electron chi connectivity index (χ0n) is 6.90. The first kappa shape index (κ1) is 11.6. The summed E-state index contributed by atoms with van der Waals surface area (Å²) in [6, 6.07) is 0. The summed E-state index contributed by atoms with van der Waals surface area (Å²) in [5.41, 5.74) is 0. The first-order valence-corrected chi connectivity index (χ1v) is 4.37. The molecule has 0 saturated carbocycles. The van der Waals surface area contributed by atoms with Crippen molar-refractivity contribution in [3.05, 3.63) is 0 Å². The van der Waals surface area contributed by atoms with Crippen molar-refractivity contribution < 1.29 is 19.1 Å². The molecule has 0 aliphatic carbocycles. The second-order valence-corrected chi connectivity index (χ2v) is 2.61. The monoisotopic (exact) mass is 201 g/mol. The van der Waals surface area contributed by atoms with Crippen LogP contribution >= 0.6 is 11.8 Å². The summed E-state index contributed by atoms with van der Waals surface area (Å²) in [6.45, 7) is 1.57. The van der Waals surface area contributed by atoms with E-state index in [-0.39, 0.29) is 12.4 Å². The zero-order chi connectivity index (χ0) is 10.3. The number of thiocyanates is 1. The van der Waals surface area contributed by atoms with Gasteiger partial charge in [-0.05, 0) is 18.7 Å². The molecule has 70 valence electrons. The van der Waals surface area contributed by atoms with Gasteiger partial charge >= 0.3 is 11.8 Å². The second-order valence-electron chi connectivity index (χ2n) is 1.85. The Morgan fingerprint density at radius 2 is 2.08 bits per heavy atom. The van der Waals surface area contributed by atoms with Gasteiger partial charge < -0.3 is 4.74 Å². The van der Waals surface area contributed by atoms with E-state index in [0.29, 0.717) is 11.8 Å². The molecule has 6 heteroatoms. The van der Waals surface area contributed by atoms with Crippen molar-refractivity contribution in [2.45, 2.75) is 6.92 Å². The molecule has 0 aliphatic rings. The molecule has 0 aromatic rings. The summed E-state index contributed by atoms with van der Waals surface area (Å²) < 4.78 is 4.30. The Hall–Kier alpha value is -1.35. The number of hydrogen-bond donors (Lipinski definition) is 0. The van der Waals surface area contributed by atoms with E-state index < -0.39 is 17.5 Å². The molecule has 5 nitrogen and oxygen atoms in total. The molecule has 0 atom stereocenters. The van der Waals surface area contributed by atoms with Gasteiger partial charge in [-0.1, -0.05) is 0 Å². The number of carbonyl (C=O) groups excluding carboxylic acids is 3. The predicted octanol–water partition coefficient (Wildman–Crippen LogP) is -0.0980. The van der Waals surface area contributed by atoms with Crippen molar-refractivity contribution in [1.82, 2.24) is 0 Å². The summed E-state index contributed by atoms with van der Waals surface area (Å²) in [6.07, 6.45) is 0. The Balaban J connectivity index is 4.04.